The van der Waals surface area contributed by atoms with Crippen LogP contribution in [0.3, 0.4) is 0 Å². The number of aryl methyl sites for hydroxylation is 1. The molecule has 0 aliphatic heterocycles. The number of nitrogens with zero attached hydrogens (tertiary/aromatic N) is 2. The molecule has 1 amide bonds. The number of amides is 1. The molecule has 0 unspecified atom stereocenters. The van der Waals surface area contributed by atoms with Gasteiger partial charge in [-0.05, 0) is 6.42 Å². The van der Waals surface area contributed by atoms with E-state index in [1.165, 1.54) is 6.20 Å². The van der Waals surface area contributed by atoms with Gasteiger partial charge in [0.25, 0.3) is 5.91 Å². The maximum atomic E-state index is 10.5. The molecule has 0 bridgehead atoms. The molecule has 1 heterocycles. The first-order chi connectivity index (χ1) is 5.24. The average molecular weight is 153 g/mol. The summed E-state index contributed by atoms with van der Waals surface area (Å²) in [6.45, 7) is 1.97. The van der Waals surface area contributed by atoms with Gasteiger partial charge in [0.05, 0.1) is 11.9 Å². The molecule has 1 aromatic rings. The Labute approximate surface area is 66.0 Å². The summed E-state index contributed by atoms with van der Waals surface area (Å²) in [6, 6.07) is 0. The van der Waals surface area contributed by atoms with Gasteiger partial charge in [-0.25, -0.2) is 4.98 Å². The highest BCUT2D eigenvalue weighted by atomic mass is 16.1. The Morgan fingerprint density at radius 1 is 1.64 bits per heavy atom. The molecule has 4 heteroatoms. The van der Waals surface area contributed by atoms with Gasteiger partial charge in [-0.1, -0.05) is 6.92 Å². The minimum Gasteiger partial charge on any atom is -0.364 e. The molecule has 1 rings (SSSR count). The van der Waals surface area contributed by atoms with Crippen LogP contribution in [0.2, 0.25) is 0 Å². The molecule has 4 nitrogen and oxygen atoms in total. The predicted octanol–water partition coefficient (Wildman–Crippen LogP) is 0.384. The van der Waals surface area contributed by atoms with Crippen LogP contribution < -0.4 is 5.73 Å². The van der Waals surface area contributed by atoms with E-state index in [0.29, 0.717) is 0 Å². The van der Waals surface area contributed by atoms with Gasteiger partial charge in [-0.2, -0.15) is 0 Å². The van der Waals surface area contributed by atoms with E-state index < -0.39 is 5.91 Å². The number of hydrogen-bond donors (Lipinski definition) is 1. The third kappa shape index (κ3) is 1.73. The number of carbonyl (C=O) groups excluding carboxylic acids is 1. The van der Waals surface area contributed by atoms with Crippen LogP contribution in [-0.2, 0) is 6.42 Å². The number of aromatic nitrogens is 2. The van der Waals surface area contributed by atoms with Crippen LogP contribution in [-0.4, -0.2) is 15.9 Å². The monoisotopic (exact) mass is 153 g/mol. The van der Waals surface area contributed by atoms with Crippen LogP contribution in [0.4, 0.5) is 0 Å². The minimum atomic E-state index is -0.542. The van der Waals surface area contributed by atoms with E-state index in [-0.39, 0.29) is 7.12 Å². The van der Waals surface area contributed by atoms with E-state index >= 15 is 0 Å². The molecule has 0 saturated heterocycles. The molecule has 11 heavy (non-hydrogen) atoms. The highest BCUT2D eigenvalue weighted by Crippen LogP contribution is 1.94. The van der Waals surface area contributed by atoms with Crippen molar-refractivity contribution in [1.82, 2.24) is 9.97 Å². The SMILES string of the molecule is CCc1cnc(C(N)=O)cn1.[HH]. The lowest BCUT2D eigenvalue weighted by Gasteiger charge is -1.95. The zero-order chi connectivity index (χ0) is 8.27. The van der Waals surface area contributed by atoms with Gasteiger partial charge < -0.3 is 5.73 Å². The predicted molar refractivity (Wildman–Crippen MR) is 42.0 cm³/mol. The quantitative estimate of drug-likeness (QED) is 0.668. The van der Waals surface area contributed by atoms with Crippen molar-refractivity contribution in [3.63, 3.8) is 0 Å². The molecule has 1 aromatic heterocycles. The van der Waals surface area contributed by atoms with Crippen LogP contribution in [0, 0.1) is 0 Å². The first-order valence-electron chi connectivity index (χ1n) is 3.34. The Morgan fingerprint density at radius 3 is 2.73 bits per heavy atom. The van der Waals surface area contributed by atoms with E-state index in [9.17, 15) is 4.79 Å². The molecule has 2 N–H and O–H groups in total. The highest BCUT2D eigenvalue weighted by molar-refractivity contribution is 5.90. The summed E-state index contributed by atoms with van der Waals surface area (Å²) in [4.78, 5) is 18.3. The lowest BCUT2D eigenvalue weighted by atomic mass is 10.3. The number of carbonyl (C=O) groups is 1. The lowest BCUT2D eigenvalue weighted by molar-refractivity contribution is 0.0995. The van der Waals surface area contributed by atoms with E-state index in [4.69, 9.17) is 5.73 Å². The third-order valence-electron chi connectivity index (χ3n) is 1.32. The molecule has 0 saturated carbocycles. The molecule has 0 atom stereocenters. The zero-order valence-electron chi connectivity index (χ0n) is 6.24. The van der Waals surface area contributed by atoms with Crippen molar-refractivity contribution in [3.8, 4) is 0 Å². The van der Waals surface area contributed by atoms with Gasteiger partial charge in [0, 0.05) is 7.62 Å². The van der Waals surface area contributed by atoms with Crippen LogP contribution >= 0.6 is 0 Å². The fraction of sp³-hybridized carbons (Fsp3) is 0.286. The van der Waals surface area contributed by atoms with Crippen molar-refractivity contribution in [2.45, 2.75) is 13.3 Å². The molecule has 0 radical (unpaired) electrons. The summed E-state index contributed by atoms with van der Waals surface area (Å²) in [5.74, 6) is -0.542. The normalized spacial score (nSPS) is 9.55. The maximum absolute atomic E-state index is 10.5. The number of primary amides is 1. The summed E-state index contributed by atoms with van der Waals surface area (Å²) in [5.41, 5.74) is 6.03. The summed E-state index contributed by atoms with van der Waals surface area (Å²) >= 11 is 0. The molecular formula is C7H11N3O. The number of rotatable bonds is 2. The number of nitrogens with two attached hydrogens (primary N) is 1. The molecule has 0 spiro atoms. The second-order valence-electron chi connectivity index (χ2n) is 2.11. The first-order valence-corrected chi connectivity index (χ1v) is 3.34. The second-order valence-corrected chi connectivity index (χ2v) is 2.11. The maximum Gasteiger partial charge on any atom is 0.268 e. The van der Waals surface area contributed by atoms with Crippen LogP contribution in [0.15, 0.2) is 12.4 Å². The van der Waals surface area contributed by atoms with E-state index in [1.54, 1.807) is 6.20 Å². The third-order valence-corrected chi connectivity index (χ3v) is 1.32. The van der Waals surface area contributed by atoms with E-state index in [0.717, 1.165) is 12.1 Å². The van der Waals surface area contributed by atoms with E-state index in [1.807, 2.05) is 6.92 Å². The average Bonchev–Trinajstić information content (AvgIpc) is 2.05. The van der Waals surface area contributed by atoms with Crippen molar-refractivity contribution in [1.29, 1.82) is 0 Å². The molecular weight excluding hydrogens is 142 g/mol. The van der Waals surface area contributed by atoms with Gasteiger partial charge in [0.2, 0.25) is 0 Å². The standard InChI is InChI=1S/C7H9N3O.H2/c1-2-5-3-10-6(4-9-5)7(8)11;/h3-4H,2H2,1H3,(H2,8,11);1H. The first kappa shape index (κ1) is 7.65. The fourth-order valence-electron chi connectivity index (χ4n) is 0.665. The Morgan fingerprint density at radius 2 is 2.36 bits per heavy atom. The van der Waals surface area contributed by atoms with Crippen molar-refractivity contribution in [2.24, 2.45) is 5.73 Å². The van der Waals surface area contributed by atoms with Crippen molar-refractivity contribution < 1.29 is 6.22 Å². The molecule has 60 valence electrons. The largest absolute Gasteiger partial charge is 0.364 e. The van der Waals surface area contributed by atoms with Crippen molar-refractivity contribution >= 4 is 5.91 Å². The lowest BCUT2D eigenvalue weighted by Crippen LogP contribution is -2.13. The van der Waals surface area contributed by atoms with Gasteiger partial charge in [-0.15, -0.1) is 0 Å². The van der Waals surface area contributed by atoms with E-state index in [2.05, 4.69) is 9.97 Å². The summed E-state index contributed by atoms with van der Waals surface area (Å²) in [6.07, 6.45) is 3.76. The van der Waals surface area contributed by atoms with Crippen LogP contribution in [0.25, 0.3) is 0 Å². The number of hydrogen-bond acceptors (Lipinski definition) is 3. The summed E-state index contributed by atoms with van der Waals surface area (Å²) in [5, 5.41) is 0. The fourth-order valence-corrected chi connectivity index (χ4v) is 0.665. The molecule has 0 aromatic carbocycles. The second kappa shape index (κ2) is 3.09. The van der Waals surface area contributed by atoms with Crippen molar-refractivity contribution in [3.05, 3.63) is 23.8 Å². The van der Waals surface area contributed by atoms with Crippen molar-refractivity contribution in [2.75, 3.05) is 0 Å². The van der Waals surface area contributed by atoms with Gasteiger partial charge >= 0.3 is 0 Å². The minimum absolute atomic E-state index is 0. The van der Waals surface area contributed by atoms with Crippen LogP contribution in [0.5, 0.6) is 0 Å². The smallest absolute Gasteiger partial charge is 0.268 e. The zero-order valence-corrected chi connectivity index (χ0v) is 6.24. The summed E-state index contributed by atoms with van der Waals surface area (Å²) < 4.78 is 0. The Hall–Kier alpha value is -1.45. The Kier molecular flexibility index (Phi) is 2.15. The molecule has 0 aliphatic carbocycles. The van der Waals surface area contributed by atoms with Gasteiger partial charge in [0.1, 0.15) is 5.69 Å². The van der Waals surface area contributed by atoms with Gasteiger partial charge in [0.15, 0.2) is 0 Å². The van der Waals surface area contributed by atoms with Crippen LogP contribution in [0.1, 0.15) is 24.5 Å². The summed E-state index contributed by atoms with van der Waals surface area (Å²) in [7, 11) is 0. The highest BCUT2D eigenvalue weighted by Gasteiger charge is 2.00. The Bertz CT molecular complexity index is 260. The topological polar surface area (TPSA) is 68.9 Å². The Balaban J connectivity index is 0.00000121. The molecule has 0 fully saturated rings. The molecule has 0 aliphatic rings. The van der Waals surface area contributed by atoms with Gasteiger partial charge in [-0.3, -0.25) is 9.78 Å².